The molecule has 2 rings (SSSR count). The SMILES string of the molecule is Nc1nc(N)c(SCCCc2ccc(C(=O)O)cc2)c(=O)[nH]1. The Labute approximate surface area is 130 Å². The first-order valence-electron chi connectivity index (χ1n) is 6.57. The van der Waals surface area contributed by atoms with Crippen LogP contribution in [0.4, 0.5) is 11.8 Å². The molecule has 22 heavy (non-hydrogen) atoms. The normalized spacial score (nSPS) is 10.5. The van der Waals surface area contributed by atoms with Gasteiger partial charge in [-0.1, -0.05) is 12.1 Å². The summed E-state index contributed by atoms with van der Waals surface area (Å²) in [5.41, 5.74) is 12.0. The number of nitrogen functional groups attached to an aromatic ring is 2. The molecule has 0 spiro atoms. The van der Waals surface area contributed by atoms with Crippen LogP contribution >= 0.6 is 11.8 Å². The molecular weight excluding hydrogens is 304 g/mol. The van der Waals surface area contributed by atoms with E-state index in [1.54, 1.807) is 24.3 Å². The van der Waals surface area contributed by atoms with Crippen LogP contribution in [0.25, 0.3) is 0 Å². The van der Waals surface area contributed by atoms with Crippen LogP contribution in [0, 0.1) is 0 Å². The maximum Gasteiger partial charge on any atom is 0.335 e. The lowest BCUT2D eigenvalue weighted by atomic mass is 10.1. The van der Waals surface area contributed by atoms with Crippen LogP contribution in [-0.2, 0) is 6.42 Å². The molecule has 0 saturated carbocycles. The number of hydrogen-bond acceptors (Lipinski definition) is 6. The molecule has 0 aliphatic heterocycles. The van der Waals surface area contributed by atoms with Crippen molar-refractivity contribution in [2.75, 3.05) is 17.2 Å². The number of hydrogen-bond donors (Lipinski definition) is 4. The van der Waals surface area contributed by atoms with Gasteiger partial charge in [0.25, 0.3) is 5.56 Å². The van der Waals surface area contributed by atoms with E-state index in [9.17, 15) is 9.59 Å². The summed E-state index contributed by atoms with van der Waals surface area (Å²) in [5, 5.41) is 8.82. The quantitative estimate of drug-likeness (QED) is 0.466. The Balaban J connectivity index is 1.87. The highest BCUT2D eigenvalue weighted by Crippen LogP contribution is 2.20. The van der Waals surface area contributed by atoms with Gasteiger partial charge in [0.15, 0.2) is 0 Å². The number of carbonyl (C=O) groups is 1. The lowest BCUT2D eigenvalue weighted by Crippen LogP contribution is -2.16. The van der Waals surface area contributed by atoms with E-state index in [1.165, 1.54) is 11.8 Å². The number of aromatic amines is 1. The molecule has 0 bridgehead atoms. The van der Waals surface area contributed by atoms with Crippen LogP contribution in [0.3, 0.4) is 0 Å². The predicted octanol–water partition coefficient (Wildman–Crippen LogP) is 1.36. The number of benzene rings is 1. The smallest absolute Gasteiger partial charge is 0.335 e. The first kappa shape index (κ1) is 15.9. The lowest BCUT2D eigenvalue weighted by molar-refractivity contribution is 0.0697. The van der Waals surface area contributed by atoms with Gasteiger partial charge in [-0.2, -0.15) is 4.98 Å². The molecule has 7 nitrogen and oxygen atoms in total. The third-order valence-electron chi connectivity index (χ3n) is 2.98. The van der Waals surface area contributed by atoms with Gasteiger partial charge in [-0.15, -0.1) is 11.8 Å². The Hall–Kier alpha value is -2.48. The number of H-pyrrole nitrogens is 1. The number of thioether (sulfide) groups is 1. The Kier molecular flexibility index (Phi) is 5.05. The fraction of sp³-hybridized carbons (Fsp3) is 0.214. The fourth-order valence-electron chi connectivity index (χ4n) is 1.90. The summed E-state index contributed by atoms with van der Waals surface area (Å²) >= 11 is 1.33. The summed E-state index contributed by atoms with van der Waals surface area (Å²) in [5.74, 6) is -0.102. The number of nitrogens with two attached hydrogens (primary N) is 2. The molecule has 8 heteroatoms. The summed E-state index contributed by atoms with van der Waals surface area (Å²) in [4.78, 5) is 29.1. The number of nitrogens with zero attached hydrogens (tertiary/aromatic N) is 1. The van der Waals surface area contributed by atoms with Crippen LogP contribution < -0.4 is 17.0 Å². The minimum absolute atomic E-state index is 0.00497. The Bertz CT molecular complexity index is 728. The molecule has 6 N–H and O–H groups in total. The van der Waals surface area contributed by atoms with Crippen molar-refractivity contribution < 1.29 is 9.90 Å². The lowest BCUT2D eigenvalue weighted by Gasteiger charge is -2.05. The van der Waals surface area contributed by atoms with E-state index >= 15 is 0 Å². The minimum Gasteiger partial charge on any atom is -0.478 e. The second-order valence-corrected chi connectivity index (χ2v) is 5.72. The van der Waals surface area contributed by atoms with Crippen molar-refractivity contribution in [2.24, 2.45) is 0 Å². The number of carboxylic acid groups (broad SMARTS) is 1. The number of carboxylic acids is 1. The second-order valence-electron chi connectivity index (χ2n) is 4.62. The molecule has 0 atom stereocenters. The van der Waals surface area contributed by atoms with E-state index in [2.05, 4.69) is 9.97 Å². The average Bonchev–Trinajstić information content (AvgIpc) is 2.46. The van der Waals surface area contributed by atoms with E-state index in [-0.39, 0.29) is 22.9 Å². The maximum absolute atomic E-state index is 11.7. The Morgan fingerprint density at radius 3 is 2.55 bits per heavy atom. The number of aromatic nitrogens is 2. The predicted molar refractivity (Wildman–Crippen MR) is 86.1 cm³/mol. The number of nitrogens with one attached hydrogen (secondary N) is 1. The van der Waals surface area contributed by atoms with E-state index in [1.807, 2.05) is 0 Å². The molecule has 0 unspecified atom stereocenters. The van der Waals surface area contributed by atoms with Gasteiger partial charge in [0, 0.05) is 0 Å². The second kappa shape index (κ2) is 6.99. The third kappa shape index (κ3) is 4.01. The molecular formula is C14H16N4O3S. The van der Waals surface area contributed by atoms with Crippen molar-refractivity contribution in [3.63, 3.8) is 0 Å². The molecule has 0 fully saturated rings. The van der Waals surface area contributed by atoms with Crippen molar-refractivity contribution in [1.82, 2.24) is 9.97 Å². The van der Waals surface area contributed by atoms with Crippen LogP contribution in [0.1, 0.15) is 22.3 Å². The van der Waals surface area contributed by atoms with Crippen LogP contribution in [-0.4, -0.2) is 26.8 Å². The van der Waals surface area contributed by atoms with Gasteiger partial charge in [0.05, 0.1) is 5.56 Å². The fourth-order valence-corrected chi connectivity index (χ4v) is 2.77. The monoisotopic (exact) mass is 320 g/mol. The molecule has 0 amide bonds. The zero-order chi connectivity index (χ0) is 16.1. The molecule has 0 radical (unpaired) electrons. The molecule has 1 heterocycles. The van der Waals surface area contributed by atoms with Crippen molar-refractivity contribution in [3.8, 4) is 0 Å². The summed E-state index contributed by atoms with van der Waals surface area (Å²) in [6.45, 7) is 0. The highest BCUT2D eigenvalue weighted by Gasteiger charge is 2.08. The Morgan fingerprint density at radius 2 is 1.95 bits per heavy atom. The number of rotatable bonds is 6. The zero-order valence-electron chi connectivity index (χ0n) is 11.7. The van der Waals surface area contributed by atoms with E-state index in [0.29, 0.717) is 10.6 Å². The molecule has 1 aromatic carbocycles. The van der Waals surface area contributed by atoms with Crippen LogP contribution in [0.5, 0.6) is 0 Å². The highest BCUT2D eigenvalue weighted by molar-refractivity contribution is 7.99. The zero-order valence-corrected chi connectivity index (χ0v) is 12.5. The van der Waals surface area contributed by atoms with Gasteiger partial charge in [-0.05, 0) is 36.3 Å². The highest BCUT2D eigenvalue weighted by atomic mass is 32.2. The van der Waals surface area contributed by atoms with Crippen molar-refractivity contribution >= 4 is 29.5 Å². The van der Waals surface area contributed by atoms with Gasteiger partial charge in [0.1, 0.15) is 10.7 Å². The maximum atomic E-state index is 11.7. The first-order valence-corrected chi connectivity index (χ1v) is 7.56. The number of aromatic carboxylic acids is 1. The molecule has 116 valence electrons. The number of aryl methyl sites for hydroxylation is 1. The third-order valence-corrected chi connectivity index (χ3v) is 4.15. The summed E-state index contributed by atoms with van der Waals surface area (Å²) in [6.07, 6.45) is 1.60. The Morgan fingerprint density at radius 1 is 1.27 bits per heavy atom. The van der Waals surface area contributed by atoms with Gasteiger partial charge < -0.3 is 16.6 Å². The minimum atomic E-state index is -0.937. The van der Waals surface area contributed by atoms with E-state index < -0.39 is 5.97 Å². The van der Waals surface area contributed by atoms with Crippen molar-refractivity contribution in [3.05, 3.63) is 45.7 Å². The van der Waals surface area contributed by atoms with Gasteiger partial charge in [-0.25, -0.2) is 4.79 Å². The van der Waals surface area contributed by atoms with Crippen LogP contribution in [0.2, 0.25) is 0 Å². The van der Waals surface area contributed by atoms with Gasteiger partial charge >= 0.3 is 5.97 Å². The summed E-state index contributed by atoms with van der Waals surface area (Å²) < 4.78 is 0. The molecule has 0 saturated heterocycles. The van der Waals surface area contributed by atoms with E-state index in [4.69, 9.17) is 16.6 Å². The largest absolute Gasteiger partial charge is 0.478 e. The van der Waals surface area contributed by atoms with Crippen LogP contribution in [0.15, 0.2) is 34.0 Å². The van der Waals surface area contributed by atoms with Gasteiger partial charge in [0.2, 0.25) is 5.95 Å². The molecule has 2 aromatic rings. The molecule has 0 aliphatic carbocycles. The topological polar surface area (TPSA) is 135 Å². The van der Waals surface area contributed by atoms with Crippen molar-refractivity contribution in [1.29, 1.82) is 0 Å². The summed E-state index contributed by atoms with van der Waals surface area (Å²) in [7, 11) is 0. The average molecular weight is 320 g/mol. The molecule has 0 aliphatic rings. The van der Waals surface area contributed by atoms with Crippen molar-refractivity contribution in [2.45, 2.75) is 17.7 Å². The van der Waals surface area contributed by atoms with Gasteiger partial charge in [-0.3, -0.25) is 9.78 Å². The first-order chi connectivity index (χ1) is 10.5. The number of anilines is 2. The molecule has 1 aromatic heterocycles. The van der Waals surface area contributed by atoms with E-state index in [0.717, 1.165) is 18.4 Å². The standard InChI is InChI=1S/C14H16N4O3S/c15-11-10(12(19)18-14(16)17-11)22-7-1-2-8-3-5-9(6-4-8)13(20)21/h3-6H,1-2,7H2,(H,20,21)(H5,15,16,17,18,19). The summed E-state index contributed by atoms with van der Waals surface area (Å²) in [6, 6.07) is 6.74.